The van der Waals surface area contributed by atoms with Gasteiger partial charge in [-0.25, -0.2) is 0 Å². The molecule has 0 radical (unpaired) electrons. The van der Waals surface area contributed by atoms with Crippen LogP contribution in [-0.4, -0.2) is 33.8 Å². The fourth-order valence-electron chi connectivity index (χ4n) is 2.60. The highest BCUT2D eigenvalue weighted by Gasteiger charge is 2.17. The number of benzene rings is 2. The van der Waals surface area contributed by atoms with Crippen LogP contribution in [0.1, 0.15) is 63.6 Å². The SMILES string of the molecule is CC(C)(C)NCC(O)c1ccc(O)c(NC(=O)c2ccc(OC(C)(C)C)cc2)c1. The van der Waals surface area contributed by atoms with E-state index in [0.29, 0.717) is 23.4 Å². The monoisotopic (exact) mass is 400 g/mol. The minimum Gasteiger partial charge on any atom is -0.506 e. The van der Waals surface area contributed by atoms with E-state index >= 15 is 0 Å². The number of aliphatic hydroxyl groups excluding tert-OH is 1. The van der Waals surface area contributed by atoms with Gasteiger partial charge < -0.3 is 25.6 Å². The van der Waals surface area contributed by atoms with Crippen molar-refractivity contribution in [1.29, 1.82) is 0 Å². The molecule has 6 heteroatoms. The molecule has 2 rings (SSSR count). The van der Waals surface area contributed by atoms with Gasteiger partial charge in [-0.15, -0.1) is 0 Å². The molecule has 0 saturated heterocycles. The molecule has 1 amide bonds. The smallest absolute Gasteiger partial charge is 0.255 e. The Morgan fingerprint density at radius 1 is 1.03 bits per heavy atom. The maximum absolute atomic E-state index is 12.6. The number of carbonyl (C=O) groups is 1. The molecule has 4 N–H and O–H groups in total. The molecule has 0 saturated carbocycles. The number of anilines is 1. The number of phenolic OH excluding ortho intramolecular Hbond substituents is 1. The van der Waals surface area contributed by atoms with Crippen LogP contribution < -0.4 is 15.4 Å². The summed E-state index contributed by atoms with van der Waals surface area (Å²) in [6, 6.07) is 11.5. The van der Waals surface area contributed by atoms with Gasteiger partial charge in [0.1, 0.15) is 17.1 Å². The van der Waals surface area contributed by atoms with Crippen molar-refractivity contribution in [2.75, 3.05) is 11.9 Å². The molecular formula is C23H32N2O4. The standard InChI is InChI=1S/C23H32N2O4/c1-22(2,3)24-14-20(27)16-9-12-19(26)18(13-16)25-21(28)15-7-10-17(11-8-15)29-23(4,5)6/h7-13,20,24,26-27H,14H2,1-6H3,(H,25,28). The average molecular weight is 401 g/mol. The molecule has 0 aliphatic heterocycles. The largest absolute Gasteiger partial charge is 0.506 e. The number of amides is 1. The summed E-state index contributed by atoms with van der Waals surface area (Å²) in [6.07, 6.45) is -0.765. The van der Waals surface area contributed by atoms with Crippen molar-refractivity contribution < 1.29 is 19.7 Å². The molecular weight excluding hydrogens is 368 g/mol. The number of phenols is 1. The van der Waals surface area contributed by atoms with Gasteiger partial charge in [0.2, 0.25) is 0 Å². The van der Waals surface area contributed by atoms with Gasteiger partial charge in [0.15, 0.2) is 0 Å². The van der Waals surface area contributed by atoms with Gasteiger partial charge in [0, 0.05) is 17.6 Å². The third kappa shape index (κ3) is 7.40. The van der Waals surface area contributed by atoms with Crippen molar-refractivity contribution in [2.24, 2.45) is 0 Å². The third-order valence-electron chi connectivity index (χ3n) is 4.02. The van der Waals surface area contributed by atoms with Crippen molar-refractivity contribution in [2.45, 2.75) is 58.8 Å². The summed E-state index contributed by atoms with van der Waals surface area (Å²) in [6.45, 7) is 12.3. The average Bonchev–Trinajstić information content (AvgIpc) is 2.60. The van der Waals surface area contributed by atoms with Crippen molar-refractivity contribution in [3.05, 3.63) is 53.6 Å². The Labute approximate surface area is 172 Å². The van der Waals surface area contributed by atoms with E-state index in [4.69, 9.17) is 4.74 Å². The highest BCUT2D eigenvalue weighted by atomic mass is 16.5. The van der Waals surface area contributed by atoms with Crippen LogP contribution in [0.3, 0.4) is 0 Å². The molecule has 158 valence electrons. The zero-order valence-corrected chi connectivity index (χ0v) is 18.0. The van der Waals surface area contributed by atoms with Gasteiger partial charge in [0.05, 0.1) is 11.8 Å². The summed E-state index contributed by atoms with van der Waals surface area (Å²) in [5.74, 6) is 0.251. The molecule has 1 unspecified atom stereocenters. The Morgan fingerprint density at radius 3 is 2.21 bits per heavy atom. The Bertz CT molecular complexity index is 833. The van der Waals surface area contributed by atoms with E-state index in [9.17, 15) is 15.0 Å². The number of hydrogen-bond acceptors (Lipinski definition) is 5. The summed E-state index contributed by atoms with van der Waals surface area (Å²) >= 11 is 0. The summed E-state index contributed by atoms with van der Waals surface area (Å²) in [5.41, 5.74) is 0.836. The number of aromatic hydroxyl groups is 1. The quantitative estimate of drug-likeness (QED) is 0.545. The van der Waals surface area contributed by atoms with Crippen molar-refractivity contribution in [1.82, 2.24) is 5.32 Å². The van der Waals surface area contributed by atoms with Gasteiger partial charge in [-0.3, -0.25) is 4.79 Å². The number of β-amino-alcohol motifs (C(OH)–C–C–N with tert-alkyl or cyclic N) is 1. The second-order valence-electron chi connectivity index (χ2n) is 9.12. The van der Waals surface area contributed by atoms with E-state index in [1.807, 2.05) is 41.5 Å². The number of hydrogen-bond donors (Lipinski definition) is 4. The Balaban J connectivity index is 2.09. The first-order chi connectivity index (χ1) is 13.3. The minimum absolute atomic E-state index is 0.0641. The fourth-order valence-corrected chi connectivity index (χ4v) is 2.60. The molecule has 0 aliphatic carbocycles. The predicted molar refractivity (Wildman–Crippen MR) is 116 cm³/mol. The lowest BCUT2D eigenvalue weighted by Crippen LogP contribution is -2.38. The molecule has 0 aliphatic rings. The van der Waals surface area contributed by atoms with Crippen LogP contribution in [0.2, 0.25) is 0 Å². The van der Waals surface area contributed by atoms with Crippen molar-refractivity contribution in [3.8, 4) is 11.5 Å². The summed E-state index contributed by atoms with van der Waals surface area (Å²) in [5, 5.41) is 26.4. The van der Waals surface area contributed by atoms with E-state index in [1.54, 1.807) is 36.4 Å². The first-order valence-electron chi connectivity index (χ1n) is 9.70. The molecule has 1 atom stereocenters. The Hall–Kier alpha value is -2.57. The van der Waals surface area contributed by atoms with Gasteiger partial charge >= 0.3 is 0 Å². The zero-order valence-electron chi connectivity index (χ0n) is 18.0. The summed E-state index contributed by atoms with van der Waals surface area (Å²) < 4.78 is 5.76. The van der Waals surface area contributed by atoms with Gasteiger partial charge in [-0.2, -0.15) is 0 Å². The molecule has 0 bridgehead atoms. The molecule has 29 heavy (non-hydrogen) atoms. The Kier molecular flexibility index (Phi) is 6.93. The van der Waals surface area contributed by atoms with Crippen LogP contribution in [-0.2, 0) is 0 Å². The van der Waals surface area contributed by atoms with E-state index < -0.39 is 6.10 Å². The van der Waals surface area contributed by atoms with Crippen LogP contribution in [0.4, 0.5) is 5.69 Å². The number of carbonyl (C=O) groups excluding carboxylic acids is 1. The topological polar surface area (TPSA) is 90.8 Å². The van der Waals surface area contributed by atoms with Crippen molar-refractivity contribution in [3.63, 3.8) is 0 Å². The minimum atomic E-state index is -0.765. The molecule has 6 nitrogen and oxygen atoms in total. The lowest BCUT2D eigenvalue weighted by Gasteiger charge is -2.23. The van der Waals surface area contributed by atoms with Gasteiger partial charge in [-0.1, -0.05) is 6.07 Å². The van der Waals surface area contributed by atoms with E-state index in [1.165, 1.54) is 6.07 Å². The lowest BCUT2D eigenvalue weighted by atomic mass is 10.0. The maximum atomic E-state index is 12.6. The molecule has 2 aromatic rings. The highest BCUT2D eigenvalue weighted by Crippen LogP contribution is 2.28. The lowest BCUT2D eigenvalue weighted by molar-refractivity contribution is 0.102. The third-order valence-corrected chi connectivity index (χ3v) is 4.02. The van der Waals surface area contributed by atoms with Crippen LogP contribution in [0.15, 0.2) is 42.5 Å². The number of nitrogens with one attached hydrogen (secondary N) is 2. The van der Waals surface area contributed by atoms with Crippen LogP contribution in [0.25, 0.3) is 0 Å². The molecule has 0 aromatic heterocycles. The molecule has 0 heterocycles. The number of aliphatic hydroxyl groups is 1. The van der Waals surface area contributed by atoms with Crippen LogP contribution in [0.5, 0.6) is 11.5 Å². The summed E-state index contributed by atoms with van der Waals surface area (Å²) in [7, 11) is 0. The van der Waals surface area contributed by atoms with Crippen LogP contribution in [0, 0.1) is 0 Å². The van der Waals surface area contributed by atoms with Gasteiger partial charge in [-0.05, 0) is 83.5 Å². The van der Waals surface area contributed by atoms with E-state index in [0.717, 1.165) is 0 Å². The normalized spacial score (nSPS) is 13.1. The first kappa shape index (κ1) is 22.7. The molecule has 0 fully saturated rings. The van der Waals surface area contributed by atoms with Crippen molar-refractivity contribution >= 4 is 11.6 Å². The van der Waals surface area contributed by atoms with Gasteiger partial charge in [0.25, 0.3) is 5.91 Å². The Morgan fingerprint density at radius 2 is 1.66 bits per heavy atom. The maximum Gasteiger partial charge on any atom is 0.255 e. The summed E-state index contributed by atoms with van der Waals surface area (Å²) in [4.78, 5) is 12.6. The first-order valence-corrected chi connectivity index (χ1v) is 9.70. The second kappa shape index (κ2) is 8.84. The van der Waals surface area contributed by atoms with E-state index in [-0.39, 0.29) is 28.5 Å². The highest BCUT2D eigenvalue weighted by molar-refractivity contribution is 6.05. The molecule has 0 spiro atoms. The zero-order chi connectivity index (χ0) is 21.8. The fraction of sp³-hybridized carbons (Fsp3) is 0.435. The van der Waals surface area contributed by atoms with Crippen LogP contribution >= 0.6 is 0 Å². The van der Waals surface area contributed by atoms with E-state index in [2.05, 4.69) is 10.6 Å². The molecule has 2 aromatic carbocycles. The second-order valence-corrected chi connectivity index (χ2v) is 9.12. The predicted octanol–water partition coefficient (Wildman–Crippen LogP) is 4.24. The number of rotatable bonds is 6. The number of ether oxygens (including phenoxy) is 1.